The predicted octanol–water partition coefficient (Wildman–Crippen LogP) is 5.70. The van der Waals surface area contributed by atoms with Crippen molar-refractivity contribution in [2.24, 2.45) is 5.92 Å². The van der Waals surface area contributed by atoms with Crippen LogP contribution in [0, 0.1) is 5.92 Å². The number of benzene rings is 1. The van der Waals surface area contributed by atoms with Gasteiger partial charge in [-0.25, -0.2) is 4.79 Å². The molecule has 1 N–H and O–H groups in total. The van der Waals surface area contributed by atoms with E-state index in [-0.39, 0.29) is 5.92 Å². The van der Waals surface area contributed by atoms with E-state index in [0.717, 1.165) is 10.5 Å². The number of halogens is 1. The highest BCUT2D eigenvalue weighted by Gasteiger charge is 2.19. The standard InChI is InChI=1S/C19H16ClNO3S3/c1-10(2)9-23-18(22)13-7-11(3-5-14(13)20)15-6-4-12(24-15)8-16-17(25)21-19(26)27-16/h3-8,10H,9H2,1-2H3,(H,21,25,26)/b16-8-. The average molecular weight is 438 g/mol. The maximum absolute atomic E-state index is 12.3. The monoisotopic (exact) mass is 437 g/mol. The summed E-state index contributed by atoms with van der Waals surface area (Å²) in [6.07, 6.45) is 1.83. The molecule has 27 heavy (non-hydrogen) atoms. The molecule has 2 aromatic rings. The fourth-order valence-electron chi connectivity index (χ4n) is 2.29. The van der Waals surface area contributed by atoms with Gasteiger partial charge in [0.1, 0.15) is 20.8 Å². The van der Waals surface area contributed by atoms with E-state index in [4.69, 9.17) is 45.2 Å². The quantitative estimate of drug-likeness (QED) is 0.365. The van der Waals surface area contributed by atoms with Crippen LogP contribution in [0.5, 0.6) is 0 Å². The Hall–Kier alpha value is -1.67. The zero-order valence-electron chi connectivity index (χ0n) is 14.6. The van der Waals surface area contributed by atoms with Crippen LogP contribution in [0.15, 0.2) is 39.7 Å². The minimum atomic E-state index is -0.447. The van der Waals surface area contributed by atoms with Gasteiger partial charge in [0, 0.05) is 5.56 Å². The molecule has 0 bridgehead atoms. The van der Waals surface area contributed by atoms with Gasteiger partial charge in [-0.05, 0) is 42.3 Å². The SMILES string of the molecule is CC(C)COC(=O)c1cc(-c2ccc(/C=C3\SC(=S)NC3=S)o2)ccc1Cl. The highest BCUT2D eigenvalue weighted by atomic mass is 35.5. The van der Waals surface area contributed by atoms with Crippen LogP contribution in [0.1, 0.15) is 30.0 Å². The van der Waals surface area contributed by atoms with Crippen LogP contribution in [0.25, 0.3) is 17.4 Å². The van der Waals surface area contributed by atoms with Crippen molar-refractivity contribution in [1.82, 2.24) is 5.32 Å². The Balaban J connectivity index is 1.83. The van der Waals surface area contributed by atoms with Crippen molar-refractivity contribution in [3.8, 4) is 11.3 Å². The molecule has 0 aliphatic carbocycles. The van der Waals surface area contributed by atoms with E-state index in [1.807, 2.05) is 32.1 Å². The summed E-state index contributed by atoms with van der Waals surface area (Å²) in [5, 5.41) is 3.26. The highest BCUT2D eigenvalue weighted by molar-refractivity contribution is 8.27. The molecule has 4 nitrogen and oxygen atoms in total. The van der Waals surface area contributed by atoms with E-state index in [1.165, 1.54) is 11.8 Å². The number of nitrogens with one attached hydrogen (secondary N) is 1. The van der Waals surface area contributed by atoms with Crippen LogP contribution in [0.4, 0.5) is 0 Å². The fraction of sp³-hybridized carbons (Fsp3) is 0.211. The number of hydrogen-bond donors (Lipinski definition) is 1. The number of esters is 1. The van der Waals surface area contributed by atoms with E-state index in [1.54, 1.807) is 18.2 Å². The molecule has 140 valence electrons. The number of thiocarbonyl (C=S) groups is 2. The summed E-state index contributed by atoms with van der Waals surface area (Å²) >= 11 is 17.9. The summed E-state index contributed by atoms with van der Waals surface area (Å²) in [4.78, 5) is 13.7. The first-order chi connectivity index (χ1) is 12.8. The molecule has 1 saturated heterocycles. The van der Waals surface area contributed by atoms with Crippen molar-refractivity contribution in [3.05, 3.63) is 51.6 Å². The molecule has 8 heteroatoms. The molecule has 0 unspecified atom stereocenters. The van der Waals surface area contributed by atoms with Crippen molar-refractivity contribution < 1.29 is 13.9 Å². The van der Waals surface area contributed by atoms with Gasteiger partial charge in [0.05, 0.1) is 22.1 Å². The van der Waals surface area contributed by atoms with E-state index in [9.17, 15) is 4.79 Å². The Morgan fingerprint density at radius 1 is 1.33 bits per heavy atom. The van der Waals surface area contributed by atoms with E-state index in [2.05, 4.69) is 5.32 Å². The number of carbonyl (C=O) groups excluding carboxylic acids is 1. The number of thioether (sulfide) groups is 1. The number of carbonyl (C=O) groups is 1. The number of ether oxygens (including phenoxy) is 1. The van der Waals surface area contributed by atoms with Crippen molar-refractivity contribution in [3.63, 3.8) is 0 Å². The third kappa shape index (κ3) is 4.99. The molecule has 3 rings (SSSR count). The van der Waals surface area contributed by atoms with Crippen LogP contribution in [0.2, 0.25) is 5.02 Å². The second-order valence-corrected chi connectivity index (χ2v) is 8.78. The minimum absolute atomic E-state index is 0.249. The van der Waals surface area contributed by atoms with Crippen LogP contribution < -0.4 is 5.32 Å². The fourth-order valence-corrected chi connectivity index (χ4v) is 3.94. The lowest BCUT2D eigenvalue weighted by atomic mass is 10.1. The number of hydrogen-bond acceptors (Lipinski definition) is 6. The third-order valence-corrected chi connectivity index (χ3v) is 5.52. The topological polar surface area (TPSA) is 51.5 Å². The second-order valence-electron chi connectivity index (χ2n) is 6.24. The third-order valence-electron chi connectivity index (χ3n) is 3.56. The summed E-state index contributed by atoms with van der Waals surface area (Å²) in [7, 11) is 0. The first-order valence-corrected chi connectivity index (χ1v) is 10.2. The summed E-state index contributed by atoms with van der Waals surface area (Å²) in [5.74, 6) is 1.05. The molecule has 1 aliphatic rings. The molecule has 1 aromatic carbocycles. The zero-order chi connectivity index (χ0) is 19.6. The van der Waals surface area contributed by atoms with E-state index in [0.29, 0.717) is 38.0 Å². The van der Waals surface area contributed by atoms with Crippen molar-refractivity contribution in [2.45, 2.75) is 13.8 Å². The van der Waals surface area contributed by atoms with Gasteiger partial charge in [-0.3, -0.25) is 0 Å². The van der Waals surface area contributed by atoms with Gasteiger partial charge in [-0.15, -0.1) is 0 Å². The first kappa shape index (κ1) is 20.1. The predicted molar refractivity (Wildman–Crippen MR) is 118 cm³/mol. The second kappa shape index (κ2) is 8.56. The Morgan fingerprint density at radius 3 is 2.78 bits per heavy atom. The highest BCUT2D eigenvalue weighted by Crippen LogP contribution is 2.31. The summed E-state index contributed by atoms with van der Waals surface area (Å²) < 4.78 is 11.8. The molecule has 1 aliphatic heterocycles. The summed E-state index contributed by atoms with van der Waals surface area (Å²) in [6.45, 7) is 4.28. The lowest BCUT2D eigenvalue weighted by Crippen LogP contribution is -2.15. The van der Waals surface area contributed by atoms with Crippen LogP contribution in [0.3, 0.4) is 0 Å². The normalized spacial score (nSPS) is 15.5. The molecule has 0 saturated carbocycles. The van der Waals surface area contributed by atoms with Gasteiger partial charge in [-0.2, -0.15) is 0 Å². The van der Waals surface area contributed by atoms with Gasteiger partial charge >= 0.3 is 5.97 Å². The Labute approximate surface area is 177 Å². The maximum Gasteiger partial charge on any atom is 0.339 e. The largest absolute Gasteiger partial charge is 0.462 e. The molecule has 0 atom stereocenters. The lowest BCUT2D eigenvalue weighted by Gasteiger charge is -2.09. The van der Waals surface area contributed by atoms with Crippen molar-refractivity contribution >= 4 is 69.2 Å². The molecule has 0 radical (unpaired) electrons. The van der Waals surface area contributed by atoms with Gasteiger partial charge in [-0.1, -0.05) is 61.6 Å². The smallest absolute Gasteiger partial charge is 0.339 e. The van der Waals surface area contributed by atoms with Crippen LogP contribution >= 0.6 is 47.8 Å². The zero-order valence-corrected chi connectivity index (χ0v) is 17.8. The molecular weight excluding hydrogens is 422 g/mol. The molecule has 0 spiro atoms. The summed E-state index contributed by atoms with van der Waals surface area (Å²) in [6, 6.07) is 8.79. The number of rotatable bonds is 5. The van der Waals surface area contributed by atoms with Gasteiger partial charge in [0.15, 0.2) is 0 Å². The van der Waals surface area contributed by atoms with Gasteiger partial charge < -0.3 is 14.5 Å². The molecule has 1 aromatic heterocycles. The minimum Gasteiger partial charge on any atom is -0.462 e. The van der Waals surface area contributed by atoms with Crippen molar-refractivity contribution in [2.75, 3.05) is 6.61 Å². The van der Waals surface area contributed by atoms with Gasteiger partial charge in [0.25, 0.3) is 0 Å². The van der Waals surface area contributed by atoms with Gasteiger partial charge in [0.2, 0.25) is 0 Å². The Bertz CT molecular complexity index is 949. The first-order valence-electron chi connectivity index (χ1n) is 8.15. The van der Waals surface area contributed by atoms with E-state index >= 15 is 0 Å². The molecule has 0 amide bonds. The summed E-state index contributed by atoms with van der Waals surface area (Å²) in [5.41, 5.74) is 1.05. The number of furan rings is 1. The van der Waals surface area contributed by atoms with Crippen LogP contribution in [-0.2, 0) is 4.74 Å². The lowest BCUT2D eigenvalue weighted by molar-refractivity contribution is 0.0459. The molecular formula is C19H16ClNO3S3. The molecule has 1 fully saturated rings. The Morgan fingerprint density at radius 2 is 2.11 bits per heavy atom. The van der Waals surface area contributed by atoms with Crippen molar-refractivity contribution in [1.29, 1.82) is 0 Å². The average Bonchev–Trinajstić information content (AvgIpc) is 3.20. The Kier molecular flexibility index (Phi) is 6.37. The van der Waals surface area contributed by atoms with E-state index < -0.39 is 5.97 Å². The molecule has 2 heterocycles. The maximum atomic E-state index is 12.3. The van der Waals surface area contributed by atoms with Crippen LogP contribution in [-0.4, -0.2) is 21.9 Å².